The quantitative estimate of drug-likeness (QED) is 0.314. The minimum Gasteiger partial charge on any atom is -0.462 e. The molecule has 0 bridgehead atoms. The molecule has 0 N–H and O–H groups in total. The Kier molecular flexibility index (Phi) is 7.10. The van der Waals surface area contributed by atoms with E-state index in [0.717, 1.165) is 6.08 Å². The first-order chi connectivity index (χ1) is 6.61. The normalized spacial score (nSPS) is 11.6. The second-order valence-corrected chi connectivity index (χ2v) is 3.24. The van der Waals surface area contributed by atoms with Crippen LogP contribution in [0.2, 0.25) is 0 Å². The maximum atomic E-state index is 11.1. The summed E-state index contributed by atoms with van der Waals surface area (Å²) in [4.78, 5) is 21.6. The molecule has 0 rings (SSSR count). The summed E-state index contributed by atoms with van der Waals surface area (Å²) >= 11 is 3.16. The molecule has 0 aromatic carbocycles. The van der Waals surface area contributed by atoms with E-state index < -0.39 is 5.97 Å². The van der Waals surface area contributed by atoms with Gasteiger partial charge in [-0.2, -0.15) is 0 Å². The van der Waals surface area contributed by atoms with Gasteiger partial charge in [0.25, 0.3) is 0 Å². The van der Waals surface area contributed by atoms with Gasteiger partial charge in [-0.15, -0.1) is 0 Å². The standard InChI is InChI=1S/C9H13BrO4/c1-3-8(11)13-4-5-14-9(12)7(2)6-10/h3,7H,1,4-6H2,2H3. The summed E-state index contributed by atoms with van der Waals surface area (Å²) in [5, 5.41) is 0.554. The van der Waals surface area contributed by atoms with E-state index >= 15 is 0 Å². The van der Waals surface area contributed by atoms with Crippen molar-refractivity contribution in [2.24, 2.45) is 5.92 Å². The largest absolute Gasteiger partial charge is 0.462 e. The lowest BCUT2D eigenvalue weighted by Crippen LogP contribution is -2.19. The Hall–Kier alpha value is -0.840. The maximum Gasteiger partial charge on any atom is 0.330 e. The summed E-state index contributed by atoms with van der Waals surface area (Å²) in [6.45, 7) is 5.11. The Morgan fingerprint density at radius 1 is 1.43 bits per heavy atom. The van der Waals surface area contributed by atoms with Crippen LogP contribution in [0.5, 0.6) is 0 Å². The fourth-order valence-electron chi connectivity index (χ4n) is 0.549. The zero-order chi connectivity index (χ0) is 11.0. The van der Waals surface area contributed by atoms with Gasteiger partial charge in [0.2, 0.25) is 0 Å². The lowest BCUT2D eigenvalue weighted by Gasteiger charge is -2.08. The van der Waals surface area contributed by atoms with E-state index in [-0.39, 0.29) is 25.1 Å². The Morgan fingerprint density at radius 3 is 2.50 bits per heavy atom. The SMILES string of the molecule is C=CC(=O)OCCOC(=O)C(C)CBr. The predicted octanol–water partition coefficient (Wildman–Crippen LogP) is 1.29. The van der Waals surface area contributed by atoms with E-state index in [1.54, 1.807) is 6.92 Å². The summed E-state index contributed by atoms with van der Waals surface area (Å²) in [6, 6.07) is 0. The third-order valence-electron chi connectivity index (χ3n) is 1.37. The van der Waals surface area contributed by atoms with E-state index in [9.17, 15) is 9.59 Å². The molecule has 0 aromatic rings. The molecule has 14 heavy (non-hydrogen) atoms. The number of carbonyl (C=O) groups excluding carboxylic acids is 2. The van der Waals surface area contributed by atoms with Crippen LogP contribution in [0, 0.1) is 5.92 Å². The molecule has 0 fully saturated rings. The molecule has 80 valence electrons. The lowest BCUT2D eigenvalue weighted by atomic mass is 10.2. The molecule has 0 spiro atoms. The summed E-state index contributed by atoms with van der Waals surface area (Å²) in [6.07, 6.45) is 1.06. The van der Waals surface area contributed by atoms with Crippen molar-refractivity contribution in [1.82, 2.24) is 0 Å². The molecule has 4 nitrogen and oxygen atoms in total. The van der Waals surface area contributed by atoms with Crippen LogP contribution in [-0.2, 0) is 19.1 Å². The van der Waals surface area contributed by atoms with Gasteiger partial charge in [0.15, 0.2) is 0 Å². The monoisotopic (exact) mass is 264 g/mol. The number of alkyl halides is 1. The fraction of sp³-hybridized carbons (Fsp3) is 0.556. The van der Waals surface area contributed by atoms with Gasteiger partial charge in [0, 0.05) is 11.4 Å². The van der Waals surface area contributed by atoms with Crippen LogP contribution in [-0.4, -0.2) is 30.5 Å². The molecule has 0 aliphatic rings. The van der Waals surface area contributed by atoms with Gasteiger partial charge in [0.1, 0.15) is 13.2 Å². The van der Waals surface area contributed by atoms with Gasteiger partial charge in [-0.1, -0.05) is 29.4 Å². The van der Waals surface area contributed by atoms with Crippen molar-refractivity contribution in [3.05, 3.63) is 12.7 Å². The van der Waals surface area contributed by atoms with Crippen LogP contribution in [0.3, 0.4) is 0 Å². The van der Waals surface area contributed by atoms with Crippen molar-refractivity contribution in [3.63, 3.8) is 0 Å². The number of hydrogen-bond donors (Lipinski definition) is 0. The number of ether oxygens (including phenoxy) is 2. The molecule has 0 amide bonds. The highest BCUT2D eigenvalue weighted by molar-refractivity contribution is 9.09. The number of carbonyl (C=O) groups is 2. The second kappa shape index (κ2) is 7.55. The van der Waals surface area contributed by atoms with Crippen LogP contribution in [0.4, 0.5) is 0 Å². The summed E-state index contributed by atoms with van der Waals surface area (Å²) in [5.74, 6) is -1.02. The number of esters is 2. The van der Waals surface area contributed by atoms with Gasteiger partial charge in [-0.25, -0.2) is 4.79 Å². The Morgan fingerprint density at radius 2 is 2.00 bits per heavy atom. The van der Waals surface area contributed by atoms with Gasteiger partial charge < -0.3 is 9.47 Å². The first-order valence-corrected chi connectivity index (χ1v) is 5.25. The Bertz CT molecular complexity index is 215. The average Bonchev–Trinajstić information content (AvgIpc) is 2.22. The zero-order valence-corrected chi connectivity index (χ0v) is 9.58. The van der Waals surface area contributed by atoms with Crippen LogP contribution >= 0.6 is 15.9 Å². The smallest absolute Gasteiger partial charge is 0.330 e. The van der Waals surface area contributed by atoms with E-state index in [1.807, 2.05) is 0 Å². The predicted molar refractivity (Wildman–Crippen MR) is 55.1 cm³/mol. The number of rotatable bonds is 6. The van der Waals surface area contributed by atoms with Gasteiger partial charge >= 0.3 is 11.9 Å². The first kappa shape index (κ1) is 13.2. The van der Waals surface area contributed by atoms with Crippen LogP contribution < -0.4 is 0 Å². The summed E-state index contributed by atoms with van der Waals surface area (Å²) < 4.78 is 9.42. The van der Waals surface area contributed by atoms with Gasteiger partial charge in [-0.05, 0) is 0 Å². The zero-order valence-electron chi connectivity index (χ0n) is 7.99. The lowest BCUT2D eigenvalue weighted by molar-refractivity contribution is -0.152. The number of hydrogen-bond acceptors (Lipinski definition) is 4. The fourth-order valence-corrected chi connectivity index (χ4v) is 0.813. The van der Waals surface area contributed by atoms with Crippen molar-refractivity contribution in [2.75, 3.05) is 18.5 Å². The average molecular weight is 265 g/mol. The molecule has 0 aliphatic carbocycles. The second-order valence-electron chi connectivity index (χ2n) is 2.59. The maximum absolute atomic E-state index is 11.1. The molecular formula is C9H13BrO4. The van der Waals surface area contributed by atoms with Crippen molar-refractivity contribution in [1.29, 1.82) is 0 Å². The minimum absolute atomic E-state index is 0.0611. The molecular weight excluding hydrogens is 252 g/mol. The minimum atomic E-state index is -0.519. The van der Waals surface area contributed by atoms with Gasteiger partial charge in [-0.3, -0.25) is 4.79 Å². The van der Waals surface area contributed by atoms with Gasteiger partial charge in [0.05, 0.1) is 5.92 Å². The molecule has 0 aromatic heterocycles. The third-order valence-corrected chi connectivity index (χ3v) is 2.34. The van der Waals surface area contributed by atoms with Crippen LogP contribution in [0.25, 0.3) is 0 Å². The van der Waals surface area contributed by atoms with Crippen molar-refractivity contribution < 1.29 is 19.1 Å². The highest BCUT2D eigenvalue weighted by Gasteiger charge is 2.12. The van der Waals surface area contributed by atoms with E-state index in [4.69, 9.17) is 4.74 Å². The van der Waals surface area contributed by atoms with Crippen molar-refractivity contribution in [2.45, 2.75) is 6.92 Å². The molecule has 1 atom stereocenters. The van der Waals surface area contributed by atoms with Crippen LogP contribution in [0.1, 0.15) is 6.92 Å². The highest BCUT2D eigenvalue weighted by atomic mass is 79.9. The molecule has 0 saturated carbocycles. The summed E-state index contributed by atoms with van der Waals surface area (Å²) in [5.41, 5.74) is 0. The molecule has 0 saturated heterocycles. The Balaban J connectivity index is 3.50. The molecule has 5 heteroatoms. The third kappa shape index (κ3) is 5.75. The van der Waals surface area contributed by atoms with Crippen molar-refractivity contribution >= 4 is 27.9 Å². The highest BCUT2D eigenvalue weighted by Crippen LogP contribution is 2.02. The van der Waals surface area contributed by atoms with Crippen LogP contribution in [0.15, 0.2) is 12.7 Å². The first-order valence-electron chi connectivity index (χ1n) is 4.13. The molecule has 0 radical (unpaired) electrons. The molecule has 1 unspecified atom stereocenters. The van der Waals surface area contributed by atoms with E-state index in [1.165, 1.54) is 0 Å². The van der Waals surface area contributed by atoms with E-state index in [0.29, 0.717) is 5.33 Å². The Labute approximate surface area is 91.4 Å². The summed E-state index contributed by atoms with van der Waals surface area (Å²) in [7, 11) is 0. The number of halogens is 1. The van der Waals surface area contributed by atoms with Crippen molar-refractivity contribution in [3.8, 4) is 0 Å². The topological polar surface area (TPSA) is 52.6 Å². The molecule has 0 aliphatic heterocycles. The molecule has 0 heterocycles. The van der Waals surface area contributed by atoms with E-state index in [2.05, 4.69) is 27.2 Å².